The van der Waals surface area contributed by atoms with E-state index in [1.165, 1.54) is 6.07 Å². The maximum Gasteiger partial charge on any atom is 0.244 e. The molecule has 1 atom stereocenters. The third kappa shape index (κ3) is 2.98. The first-order valence-corrected chi connectivity index (χ1v) is 8.10. The number of halogens is 1. The molecule has 2 aromatic rings. The zero-order valence-electron chi connectivity index (χ0n) is 12.8. The van der Waals surface area contributed by atoms with Crippen molar-refractivity contribution in [1.82, 2.24) is 20.0 Å². The zero-order chi connectivity index (χ0) is 15.6. The van der Waals surface area contributed by atoms with E-state index in [-0.39, 0.29) is 11.9 Å². The molecular formula is C16H19FN4O2. The second-order valence-corrected chi connectivity index (χ2v) is 6.06. The lowest BCUT2D eigenvalue weighted by Gasteiger charge is -2.33. The Hall–Kier alpha value is -1.86. The summed E-state index contributed by atoms with van der Waals surface area (Å²) in [6.07, 6.45) is 5.42. The van der Waals surface area contributed by atoms with Crippen LogP contribution in [0.5, 0.6) is 0 Å². The average Bonchev–Trinajstić information content (AvgIpc) is 3.25. The monoisotopic (exact) mass is 318 g/mol. The van der Waals surface area contributed by atoms with Crippen LogP contribution in [0.15, 0.2) is 22.9 Å². The first-order chi connectivity index (χ1) is 11.3. The van der Waals surface area contributed by atoms with Crippen LogP contribution in [0.25, 0.3) is 11.5 Å². The predicted octanol–water partition coefficient (Wildman–Crippen LogP) is 2.59. The van der Waals surface area contributed by atoms with Crippen LogP contribution in [-0.4, -0.2) is 45.8 Å². The molecule has 2 fully saturated rings. The molecule has 0 aromatic carbocycles. The van der Waals surface area contributed by atoms with Gasteiger partial charge in [-0.1, -0.05) is 5.16 Å². The summed E-state index contributed by atoms with van der Waals surface area (Å²) < 4.78 is 23.9. The first-order valence-electron chi connectivity index (χ1n) is 8.10. The number of aromatic nitrogens is 3. The van der Waals surface area contributed by atoms with Gasteiger partial charge in [0.1, 0.15) is 11.5 Å². The Bertz CT molecular complexity index is 654. The molecule has 0 unspecified atom stereocenters. The van der Waals surface area contributed by atoms with Crippen LogP contribution in [0.3, 0.4) is 0 Å². The van der Waals surface area contributed by atoms with Gasteiger partial charge in [0.2, 0.25) is 11.7 Å². The third-order valence-electron chi connectivity index (χ3n) is 4.64. The van der Waals surface area contributed by atoms with Gasteiger partial charge in [0.25, 0.3) is 0 Å². The molecule has 0 N–H and O–H groups in total. The molecule has 0 radical (unpaired) electrons. The SMILES string of the molecule is Fc1ccc(-c2noc([C@@H]3CCCN3C3CCOCC3)n2)nc1. The molecule has 2 saturated heterocycles. The number of likely N-dealkylation sites (tertiary alicyclic amines) is 1. The van der Waals surface area contributed by atoms with Gasteiger partial charge in [0, 0.05) is 19.3 Å². The molecule has 0 bridgehead atoms. The summed E-state index contributed by atoms with van der Waals surface area (Å²) in [6.45, 7) is 2.70. The quantitative estimate of drug-likeness (QED) is 0.867. The summed E-state index contributed by atoms with van der Waals surface area (Å²) in [6, 6.07) is 3.60. The van der Waals surface area contributed by atoms with Gasteiger partial charge in [-0.05, 0) is 44.4 Å². The smallest absolute Gasteiger partial charge is 0.244 e. The number of nitrogens with zero attached hydrogens (tertiary/aromatic N) is 4. The van der Waals surface area contributed by atoms with Gasteiger partial charge in [0.05, 0.1) is 12.2 Å². The Morgan fingerprint density at radius 1 is 1.17 bits per heavy atom. The standard InChI is InChI=1S/C16H19FN4O2/c17-11-3-4-13(18-10-11)15-19-16(23-20-15)14-2-1-7-21(14)12-5-8-22-9-6-12/h3-4,10,12,14H,1-2,5-9H2/t14-/m0/s1. The maximum absolute atomic E-state index is 13.0. The molecule has 4 heterocycles. The molecular weight excluding hydrogens is 299 g/mol. The highest BCUT2D eigenvalue weighted by atomic mass is 19.1. The van der Waals surface area contributed by atoms with Crippen molar-refractivity contribution in [3.63, 3.8) is 0 Å². The average molecular weight is 318 g/mol. The maximum atomic E-state index is 13.0. The van der Waals surface area contributed by atoms with E-state index in [0.29, 0.717) is 23.5 Å². The molecule has 0 saturated carbocycles. The Morgan fingerprint density at radius 2 is 2.04 bits per heavy atom. The molecule has 0 amide bonds. The molecule has 4 rings (SSSR count). The van der Waals surface area contributed by atoms with Crippen molar-refractivity contribution in [2.24, 2.45) is 0 Å². The number of hydrogen-bond donors (Lipinski definition) is 0. The van der Waals surface area contributed by atoms with Crippen molar-refractivity contribution >= 4 is 0 Å². The molecule has 0 spiro atoms. The van der Waals surface area contributed by atoms with Crippen molar-refractivity contribution < 1.29 is 13.7 Å². The van der Waals surface area contributed by atoms with E-state index in [2.05, 4.69) is 20.0 Å². The van der Waals surface area contributed by atoms with Crippen LogP contribution in [0, 0.1) is 5.82 Å². The first kappa shape index (κ1) is 14.7. The van der Waals surface area contributed by atoms with Crippen LogP contribution < -0.4 is 0 Å². The minimum absolute atomic E-state index is 0.166. The summed E-state index contributed by atoms with van der Waals surface area (Å²) in [5, 5.41) is 4.02. The predicted molar refractivity (Wildman–Crippen MR) is 80.0 cm³/mol. The van der Waals surface area contributed by atoms with Gasteiger partial charge >= 0.3 is 0 Å². The molecule has 122 valence electrons. The Labute approximate surface area is 133 Å². The summed E-state index contributed by atoms with van der Waals surface area (Å²) >= 11 is 0. The summed E-state index contributed by atoms with van der Waals surface area (Å²) in [5.41, 5.74) is 0.525. The molecule has 7 heteroatoms. The largest absolute Gasteiger partial charge is 0.381 e. The van der Waals surface area contributed by atoms with E-state index in [0.717, 1.165) is 51.6 Å². The van der Waals surface area contributed by atoms with Crippen LogP contribution in [0.1, 0.15) is 37.6 Å². The fourth-order valence-electron chi connectivity index (χ4n) is 3.49. The van der Waals surface area contributed by atoms with E-state index in [4.69, 9.17) is 9.26 Å². The van der Waals surface area contributed by atoms with Crippen molar-refractivity contribution in [2.75, 3.05) is 19.8 Å². The zero-order valence-corrected chi connectivity index (χ0v) is 12.8. The van der Waals surface area contributed by atoms with E-state index in [1.807, 2.05) is 0 Å². The van der Waals surface area contributed by atoms with E-state index < -0.39 is 0 Å². The van der Waals surface area contributed by atoms with Gasteiger partial charge in [-0.2, -0.15) is 4.98 Å². The molecule has 0 aliphatic carbocycles. The van der Waals surface area contributed by atoms with Crippen molar-refractivity contribution in [2.45, 2.75) is 37.8 Å². The lowest BCUT2D eigenvalue weighted by molar-refractivity contribution is 0.0243. The second-order valence-electron chi connectivity index (χ2n) is 6.06. The van der Waals surface area contributed by atoms with Crippen LogP contribution in [0.2, 0.25) is 0 Å². The van der Waals surface area contributed by atoms with Crippen molar-refractivity contribution in [1.29, 1.82) is 0 Å². The highest BCUT2D eigenvalue weighted by Crippen LogP contribution is 2.35. The van der Waals surface area contributed by atoms with Crippen LogP contribution in [0.4, 0.5) is 4.39 Å². The van der Waals surface area contributed by atoms with E-state index in [1.54, 1.807) is 6.07 Å². The lowest BCUT2D eigenvalue weighted by Crippen LogP contribution is -2.39. The number of pyridine rings is 1. The molecule has 2 aliphatic rings. The number of ether oxygens (including phenoxy) is 1. The molecule has 23 heavy (non-hydrogen) atoms. The fraction of sp³-hybridized carbons (Fsp3) is 0.562. The third-order valence-corrected chi connectivity index (χ3v) is 4.64. The van der Waals surface area contributed by atoms with E-state index >= 15 is 0 Å². The minimum atomic E-state index is -0.376. The Morgan fingerprint density at radius 3 is 2.83 bits per heavy atom. The van der Waals surface area contributed by atoms with Gasteiger partial charge in [-0.15, -0.1) is 0 Å². The lowest BCUT2D eigenvalue weighted by atomic mass is 10.1. The number of rotatable bonds is 3. The van der Waals surface area contributed by atoms with Crippen LogP contribution >= 0.6 is 0 Å². The van der Waals surface area contributed by atoms with Crippen molar-refractivity contribution in [3.05, 3.63) is 30.0 Å². The minimum Gasteiger partial charge on any atom is -0.381 e. The van der Waals surface area contributed by atoms with Crippen molar-refractivity contribution in [3.8, 4) is 11.5 Å². The van der Waals surface area contributed by atoms with Crippen LogP contribution in [-0.2, 0) is 4.74 Å². The number of hydrogen-bond acceptors (Lipinski definition) is 6. The molecule has 2 aromatic heterocycles. The summed E-state index contributed by atoms with van der Waals surface area (Å²) in [7, 11) is 0. The molecule has 2 aliphatic heterocycles. The van der Waals surface area contributed by atoms with Gasteiger partial charge in [-0.3, -0.25) is 4.90 Å². The fourth-order valence-corrected chi connectivity index (χ4v) is 3.49. The van der Waals surface area contributed by atoms with Gasteiger partial charge in [0.15, 0.2) is 0 Å². The second kappa shape index (κ2) is 6.33. The Kier molecular flexibility index (Phi) is 4.05. The van der Waals surface area contributed by atoms with E-state index in [9.17, 15) is 4.39 Å². The molecule has 6 nitrogen and oxygen atoms in total. The Balaban J connectivity index is 1.54. The highest BCUT2D eigenvalue weighted by molar-refractivity contribution is 5.47. The van der Waals surface area contributed by atoms with Gasteiger partial charge in [-0.25, -0.2) is 9.37 Å². The summed E-state index contributed by atoms with van der Waals surface area (Å²) in [5.74, 6) is 0.674. The highest BCUT2D eigenvalue weighted by Gasteiger charge is 2.36. The van der Waals surface area contributed by atoms with Gasteiger partial charge < -0.3 is 9.26 Å². The topological polar surface area (TPSA) is 64.3 Å². The summed E-state index contributed by atoms with van der Waals surface area (Å²) in [4.78, 5) is 11.0. The normalized spacial score (nSPS) is 23.4.